The summed E-state index contributed by atoms with van der Waals surface area (Å²) in [6.45, 7) is 3.95. The monoisotopic (exact) mass is 404 g/mol. The number of benzene rings is 2. The first kappa shape index (κ1) is 20.2. The summed E-state index contributed by atoms with van der Waals surface area (Å²) in [5.41, 5.74) is 1.15. The van der Waals surface area contributed by atoms with E-state index in [2.05, 4.69) is 10.0 Å². The molecule has 0 radical (unpaired) electrons. The summed E-state index contributed by atoms with van der Waals surface area (Å²) in [5, 5.41) is 2.97. The fourth-order valence-corrected chi connectivity index (χ4v) is 4.58. The molecule has 0 saturated heterocycles. The number of carbonyl (C=O) groups is 1. The summed E-state index contributed by atoms with van der Waals surface area (Å²) in [6, 6.07) is 11.4. The molecule has 3 rings (SSSR count). The van der Waals surface area contributed by atoms with Crippen molar-refractivity contribution in [2.24, 2.45) is 0 Å². The van der Waals surface area contributed by atoms with Gasteiger partial charge in [-0.05, 0) is 38.1 Å². The number of ether oxygens (including phenoxy) is 2. The van der Waals surface area contributed by atoms with Crippen molar-refractivity contribution in [3.05, 3.63) is 53.6 Å². The predicted molar refractivity (Wildman–Crippen MR) is 105 cm³/mol. The summed E-state index contributed by atoms with van der Waals surface area (Å²) in [6.07, 6.45) is 0.638. The fraction of sp³-hybridized carbons (Fsp3) is 0.350. The highest BCUT2D eigenvalue weighted by Crippen LogP contribution is 2.32. The number of amides is 1. The van der Waals surface area contributed by atoms with Crippen molar-refractivity contribution in [2.75, 3.05) is 13.7 Å². The zero-order valence-electron chi connectivity index (χ0n) is 16.1. The molecule has 1 aliphatic heterocycles. The molecular weight excluding hydrogens is 380 g/mol. The van der Waals surface area contributed by atoms with Crippen LogP contribution < -0.4 is 19.5 Å². The molecule has 28 heavy (non-hydrogen) atoms. The second kappa shape index (κ2) is 8.20. The number of sulfonamides is 1. The van der Waals surface area contributed by atoms with E-state index in [1.807, 2.05) is 24.3 Å². The average molecular weight is 404 g/mol. The molecule has 1 atom stereocenters. The first-order chi connectivity index (χ1) is 13.3. The third kappa shape index (κ3) is 4.28. The van der Waals surface area contributed by atoms with E-state index >= 15 is 0 Å². The summed E-state index contributed by atoms with van der Waals surface area (Å²) >= 11 is 0. The van der Waals surface area contributed by atoms with Gasteiger partial charge in [0.2, 0.25) is 10.0 Å². The van der Waals surface area contributed by atoms with Crippen LogP contribution in [-0.4, -0.2) is 34.1 Å². The van der Waals surface area contributed by atoms with E-state index in [9.17, 15) is 13.2 Å². The zero-order chi connectivity index (χ0) is 20.3. The third-order valence-electron chi connectivity index (χ3n) is 4.37. The minimum absolute atomic E-state index is 0.0660. The Morgan fingerprint density at radius 2 is 1.96 bits per heavy atom. The van der Waals surface area contributed by atoms with Crippen LogP contribution in [0.1, 0.15) is 42.2 Å². The van der Waals surface area contributed by atoms with Crippen molar-refractivity contribution in [1.82, 2.24) is 10.0 Å². The molecule has 1 amide bonds. The lowest BCUT2D eigenvalue weighted by Crippen LogP contribution is -2.33. The molecule has 0 aliphatic carbocycles. The molecule has 1 unspecified atom stereocenters. The van der Waals surface area contributed by atoms with Crippen LogP contribution in [0.2, 0.25) is 0 Å². The number of rotatable bonds is 6. The van der Waals surface area contributed by atoms with Crippen LogP contribution in [0.25, 0.3) is 0 Å². The predicted octanol–water partition coefficient (Wildman–Crippen LogP) is 2.64. The third-order valence-corrected chi connectivity index (χ3v) is 6.05. The number of hydrogen-bond acceptors (Lipinski definition) is 5. The molecule has 8 heteroatoms. The van der Waals surface area contributed by atoms with Crippen molar-refractivity contribution in [3.63, 3.8) is 0 Å². The molecule has 1 heterocycles. The molecule has 1 aliphatic rings. The maximum absolute atomic E-state index is 12.8. The Bertz CT molecular complexity index is 972. The molecule has 7 nitrogen and oxygen atoms in total. The SMILES string of the molecule is COc1ccc(C(=O)NC2CCOc3ccccc32)cc1S(=O)(=O)NC(C)C. The van der Waals surface area contributed by atoms with Crippen molar-refractivity contribution in [1.29, 1.82) is 0 Å². The fourth-order valence-electron chi connectivity index (χ4n) is 3.14. The number of carbonyl (C=O) groups excluding carboxylic acids is 1. The highest BCUT2D eigenvalue weighted by Gasteiger charge is 2.25. The van der Waals surface area contributed by atoms with Crippen LogP contribution in [0.15, 0.2) is 47.4 Å². The van der Waals surface area contributed by atoms with Gasteiger partial charge in [0.1, 0.15) is 16.4 Å². The van der Waals surface area contributed by atoms with E-state index < -0.39 is 10.0 Å². The van der Waals surface area contributed by atoms with E-state index in [1.54, 1.807) is 19.9 Å². The van der Waals surface area contributed by atoms with Crippen LogP contribution in [-0.2, 0) is 10.0 Å². The standard InChI is InChI=1S/C20H24N2O5S/c1-13(2)22-28(24,25)19-12-14(8-9-18(19)26-3)20(23)21-16-10-11-27-17-7-5-4-6-15(16)17/h4-9,12-13,16,22H,10-11H2,1-3H3,(H,21,23). The lowest BCUT2D eigenvalue weighted by atomic mass is 10.00. The molecule has 0 spiro atoms. The summed E-state index contributed by atoms with van der Waals surface area (Å²) in [7, 11) is -2.42. The Morgan fingerprint density at radius 1 is 1.21 bits per heavy atom. The number of methoxy groups -OCH3 is 1. The summed E-state index contributed by atoms with van der Waals surface area (Å²) in [5.74, 6) is 0.574. The highest BCUT2D eigenvalue weighted by molar-refractivity contribution is 7.89. The van der Waals surface area contributed by atoms with Gasteiger partial charge in [-0.3, -0.25) is 4.79 Å². The summed E-state index contributed by atoms with van der Waals surface area (Å²) in [4.78, 5) is 12.7. The van der Waals surface area contributed by atoms with Gasteiger partial charge in [-0.15, -0.1) is 0 Å². The van der Waals surface area contributed by atoms with Crippen LogP contribution in [0.5, 0.6) is 11.5 Å². The Hall–Kier alpha value is -2.58. The van der Waals surface area contributed by atoms with E-state index in [0.717, 1.165) is 11.3 Å². The second-order valence-electron chi connectivity index (χ2n) is 6.84. The summed E-state index contributed by atoms with van der Waals surface area (Å²) < 4.78 is 38.5. The molecule has 150 valence electrons. The average Bonchev–Trinajstić information content (AvgIpc) is 2.66. The second-order valence-corrected chi connectivity index (χ2v) is 8.53. The first-order valence-electron chi connectivity index (χ1n) is 9.05. The van der Waals surface area contributed by atoms with E-state index in [-0.39, 0.29) is 34.2 Å². The highest BCUT2D eigenvalue weighted by atomic mass is 32.2. The van der Waals surface area contributed by atoms with Gasteiger partial charge in [-0.25, -0.2) is 13.1 Å². The number of para-hydroxylation sites is 1. The minimum Gasteiger partial charge on any atom is -0.495 e. The van der Waals surface area contributed by atoms with Crippen molar-refractivity contribution < 1.29 is 22.7 Å². The topological polar surface area (TPSA) is 93.7 Å². The number of hydrogen-bond donors (Lipinski definition) is 2. The van der Waals surface area contributed by atoms with Gasteiger partial charge in [-0.2, -0.15) is 0 Å². The lowest BCUT2D eigenvalue weighted by Gasteiger charge is -2.26. The van der Waals surface area contributed by atoms with Gasteiger partial charge in [0.15, 0.2) is 0 Å². The number of nitrogens with one attached hydrogen (secondary N) is 2. The van der Waals surface area contributed by atoms with E-state index in [0.29, 0.717) is 13.0 Å². The van der Waals surface area contributed by atoms with Crippen molar-refractivity contribution >= 4 is 15.9 Å². The van der Waals surface area contributed by atoms with Gasteiger partial charge in [-0.1, -0.05) is 18.2 Å². The molecule has 0 saturated carbocycles. The van der Waals surface area contributed by atoms with Gasteiger partial charge >= 0.3 is 0 Å². The Kier molecular flexibility index (Phi) is 5.90. The number of fused-ring (bicyclic) bond motifs is 1. The van der Waals surface area contributed by atoms with Crippen LogP contribution >= 0.6 is 0 Å². The first-order valence-corrected chi connectivity index (χ1v) is 10.5. The van der Waals surface area contributed by atoms with E-state index in [4.69, 9.17) is 9.47 Å². The van der Waals surface area contributed by atoms with Gasteiger partial charge in [0, 0.05) is 23.6 Å². The smallest absolute Gasteiger partial charge is 0.251 e. The molecule has 0 aromatic heterocycles. The quantitative estimate of drug-likeness (QED) is 0.772. The normalized spacial score (nSPS) is 16.2. The largest absolute Gasteiger partial charge is 0.495 e. The van der Waals surface area contributed by atoms with Gasteiger partial charge < -0.3 is 14.8 Å². The maximum atomic E-state index is 12.8. The van der Waals surface area contributed by atoms with Crippen molar-refractivity contribution in [2.45, 2.75) is 37.2 Å². The molecule has 2 N–H and O–H groups in total. The lowest BCUT2D eigenvalue weighted by molar-refractivity contribution is 0.0924. The molecule has 0 fully saturated rings. The zero-order valence-corrected chi connectivity index (χ0v) is 16.9. The molecule has 2 aromatic carbocycles. The van der Waals surface area contributed by atoms with Crippen LogP contribution in [0, 0.1) is 0 Å². The molecular formula is C20H24N2O5S. The Labute approximate surface area is 165 Å². The minimum atomic E-state index is -3.82. The Balaban J connectivity index is 1.88. The van der Waals surface area contributed by atoms with Crippen molar-refractivity contribution in [3.8, 4) is 11.5 Å². The van der Waals surface area contributed by atoms with Gasteiger partial charge in [0.25, 0.3) is 5.91 Å². The van der Waals surface area contributed by atoms with Crippen LogP contribution in [0.3, 0.4) is 0 Å². The maximum Gasteiger partial charge on any atom is 0.251 e. The Morgan fingerprint density at radius 3 is 2.68 bits per heavy atom. The van der Waals surface area contributed by atoms with Crippen LogP contribution in [0.4, 0.5) is 0 Å². The van der Waals surface area contributed by atoms with Gasteiger partial charge in [0.05, 0.1) is 19.8 Å². The molecule has 0 bridgehead atoms. The van der Waals surface area contributed by atoms with E-state index in [1.165, 1.54) is 19.2 Å². The molecule has 2 aromatic rings.